The number of hydrogen-bond acceptors (Lipinski definition) is 4. The van der Waals surface area contributed by atoms with Crippen molar-refractivity contribution in [2.24, 2.45) is 11.7 Å². The Morgan fingerprint density at radius 1 is 1.16 bits per heavy atom. The van der Waals surface area contributed by atoms with E-state index in [0.717, 1.165) is 57.8 Å². The van der Waals surface area contributed by atoms with Gasteiger partial charge in [0.1, 0.15) is 0 Å². The van der Waals surface area contributed by atoms with E-state index in [9.17, 15) is 4.79 Å². The van der Waals surface area contributed by atoms with Gasteiger partial charge in [-0.15, -0.1) is 0 Å². The van der Waals surface area contributed by atoms with E-state index in [1.54, 1.807) is 0 Å². The summed E-state index contributed by atoms with van der Waals surface area (Å²) in [7, 11) is 0. The zero-order valence-electron chi connectivity index (χ0n) is 12.0. The predicted molar refractivity (Wildman–Crippen MR) is 75.0 cm³/mol. The summed E-state index contributed by atoms with van der Waals surface area (Å²) < 4.78 is 5.04. The Bertz CT molecular complexity index is 282. The summed E-state index contributed by atoms with van der Waals surface area (Å²) in [6, 6.07) is 0.405. The normalized spacial score (nSPS) is 23.6. The van der Waals surface area contributed by atoms with Gasteiger partial charge < -0.3 is 20.3 Å². The molecule has 2 saturated heterocycles. The Kier molecular flexibility index (Phi) is 5.45. The highest BCUT2D eigenvalue weighted by molar-refractivity contribution is 5.67. The molecule has 5 nitrogen and oxygen atoms in total. The minimum atomic E-state index is -0.148. The Morgan fingerprint density at radius 3 is 2.37 bits per heavy atom. The van der Waals surface area contributed by atoms with Crippen LogP contribution in [0.3, 0.4) is 0 Å². The second kappa shape index (κ2) is 7.10. The van der Waals surface area contributed by atoms with E-state index in [2.05, 4.69) is 4.90 Å². The fourth-order valence-electron chi connectivity index (χ4n) is 3.01. The summed E-state index contributed by atoms with van der Waals surface area (Å²) in [5.41, 5.74) is 5.93. The van der Waals surface area contributed by atoms with E-state index >= 15 is 0 Å². The zero-order chi connectivity index (χ0) is 13.7. The molecule has 19 heavy (non-hydrogen) atoms. The standard InChI is InChI=1S/C14H27N3O2/c1-2-19-14(18)17-9-3-12(4-10-17)11-16-7-5-13(15)6-8-16/h12-13H,2-11,15H2,1H3. The maximum absolute atomic E-state index is 11.6. The van der Waals surface area contributed by atoms with Gasteiger partial charge in [-0.1, -0.05) is 0 Å². The first-order chi connectivity index (χ1) is 9.19. The van der Waals surface area contributed by atoms with Crippen LogP contribution in [0.5, 0.6) is 0 Å². The van der Waals surface area contributed by atoms with Gasteiger partial charge in [-0.25, -0.2) is 4.79 Å². The number of piperidine rings is 2. The number of carbonyl (C=O) groups is 1. The first kappa shape index (κ1) is 14.6. The third kappa shape index (κ3) is 4.35. The highest BCUT2D eigenvalue weighted by Gasteiger charge is 2.26. The van der Waals surface area contributed by atoms with Crippen LogP contribution in [0.1, 0.15) is 32.6 Å². The monoisotopic (exact) mass is 269 g/mol. The number of carbonyl (C=O) groups excluding carboxylic acids is 1. The van der Waals surface area contributed by atoms with Gasteiger partial charge in [0.05, 0.1) is 6.61 Å². The number of rotatable bonds is 3. The largest absolute Gasteiger partial charge is 0.450 e. The number of likely N-dealkylation sites (tertiary alicyclic amines) is 2. The maximum atomic E-state index is 11.6. The number of hydrogen-bond donors (Lipinski definition) is 1. The summed E-state index contributed by atoms with van der Waals surface area (Å²) in [5.74, 6) is 0.722. The predicted octanol–water partition coefficient (Wildman–Crippen LogP) is 1.28. The lowest BCUT2D eigenvalue weighted by Gasteiger charge is -2.36. The SMILES string of the molecule is CCOC(=O)N1CCC(CN2CCC(N)CC2)CC1. The van der Waals surface area contributed by atoms with E-state index in [1.165, 1.54) is 6.54 Å². The van der Waals surface area contributed by atoms with Crippen molar-refractivity contribution in [2.75, 3.05) is 39.3 Å². The molecule has 0 bridgehead atoms. The molecule has 2 N–H and O–H groups in total. The molecule has 0 unspecified atom stereocenters. The molecule has 0 spiro atoms. The van der Waals surface area contributed by atoms with Crippen LogP contribution in [0.15, 0.2) is 0 Å². The van der Waals surface area contributed by atoms with Crippen molar-refractivity contribution >= 4 is 6.09 Å². The number of nitrogens with zero attached hydrogens (tertiary/aromatic N) is 2. The second-order valence-corrected chi connectivity index (χ2v) is 5.77. The molecule has 2 fully saturated rings. The fraction of sp³-hybridized carbons (Fsp3) is 0.929. The van der Waals surface area contributed by atoms with Crippen LogP contribution in [0, 0.1) is 5.92 Å². The number of ether oxygens (including phenoxy) is 1. The van der Waals surface area contributed by atoms with Crippen molar-refractivity contribution in [3.8, 4) is 0 Å². The first-order valence-corrected chi connectivity index (χ1v) is 7.58. The van der Waals surface area contributed by atoms with Crippen molar-refractivity contribution in [2.45, 2.75) is 38.6 Å². The maximum Gasteiger partial charge on any atom is 0.409 e. The minimum absolute atomic E-state index is 0.148. The van der Waals surface area contributed by atoms with Crippen molar-refractivity contribution in [1.82, 2.24) is 9.80 Å². The molecule has 0 radical (unpaired) electrons. The molecular weight excluding hydrogens is 242 g/mol. The third-order valence-electron chi connectivity index (χ3n) is 4.29. The summed E-state index contributed by atoms with van der Waals surface area (Å²) >= 11 is 0. The van der Waals surface area contributed by atoms with Crippen molar-refractivity contribution in [1.29, 1.82) is 0 Å². The van der Waals surface area contributed by atoms with Gasteiger partial charge in [0.2, 0.25) is 0 Å². The van der Waals surface area contributed by atoms with Gasteiger partial charge in [-0.05, 0) is 51.6 Å². The minimum Gasteiger partial charge on any atom is -0.450 e. The Hall–Kier alpha value is -0.810. The molecule has 5 heteroatoms. The van der Waals surface area contributed by atoms with Crippen LogP contribution in [0.25, 0.3) is 0 Å². The van der Waals surface area contributed by atoms with Crippen LogP contribution in [0.4, 0.5) is 4.79 Å². The van der Waals surface area contributed by atoms with Crippen molar-refractivity contribution < 1.29 is 9.53 Å². The molecule has 0 aromatic heterocycles. The summed E-state index contributed by atoms with van der Waals surface area (Å²) in [4.78, 5) is 16.0. The summed E-state index contributed by atoms with van der Waals surface area (Å²) in [6.45, 7) is 7.45. The average Bonchev–Trinajstić information content (AvgIpc) is 2.42. The molecule has 0 atom stereocenters. The first-order valence-electron chi connectivity index (χ1n) is 7.58. The van der Waals surface area contributed by atoms with Crippen LogP contribution in [-0.4, -0.2) is 61.3 Å². The molecule has 2 aliphatic rings. The van der Waals surface area contributed by atoms with E-state index in [0.29, 0.717) is 12.6 Å². The summed E-state index contributed by atoms with van der Waals surface area (Å²) in [6.07, 6.45) is 4.30. The Balaban J connectivity index is 1.67. The van der Waals surface area contributed by atoms with Gasteiger partial charge >= 0.3 is 6.09 Å². The van der Waals surface area contributed by atoms with E-state index < -0.39 is 0 Å². The molecular formula is C14H27N3O2. The summed E-state index contributed by atoms with van der Waals surface area (Å²) in [5, 5.41) is 0. The van der Waals surface area contributed by atoms with Crippen LogP contribution in [-0.2, 0) is 4.74 Å². The third-order valence-corrected chi connectivity index (χ3v) is 4.29. The van der Waals surface area contributed by atoms with Gasteiger partial charge in [0.15, 0.2) is 0 Å². The van der Waals surface area contributed by atoms with Crippen molar-refractivity contribution in [3.63, 3.8) is 0 Å². The quantitative estimate of drug-likeness (QED) is 0.838. The van der Waals surface area contributed by atoms with Crippen molar-refractivity contribution in [3.05, 3.63) is 0 Å². The molecule has 0 aromatic rings. The molecule has 0 aromatic carbocycles. The Labute approximate surface area is 116 Å². The van der Waals surface area contributed by atoms with E-state index in [4.69, 9.17) is 10.5 Å². The molecule has 2 aliphatic heterocycles. The van der Waals surface area contributed by atoms with Crippen LogP contribution in [0.2, 0.25) is 0 Å². The van der Waals surface area contributed by atoms with Crippen LogP contribution >= 0.6 is 0 Å². The molecule has 2 heterocycles. The molecule has 2 rings (SSSR count). The molecule has 110 valence electrons. The Morgan fingerprint density at radius 2 is 1.79 bits per heavy atom. The average molecular weight is 269 g/mol. The lowest BCUT2D eigenvalue weighted by molar-refractivity contribution is 0.0832. The highest BCUT2D eigenvalue weighted by Crippen LogP contribution is 2.20. The highest BCUT2D eigenvalue weighted by atomic mass is 16.6. The molecule has 0 saturated carbocycles. The number of amides is 1. The molecule has 1 amide bonds. The lowest BCUT2D eigenvalue weighted by atomic mass is 9.95. The van der Waals surface area contributed by atoms with Gasteiger partial charge in [0.25, 0.3) is 0 Å². The van der Waals surface area contributed by atoms with Gasteiger partial charge in [-0.3, -0.25) is 0 Å². The topological polar surface area (TPSA) is 58.8 Å². The lowest BCUT2D eigenvalue weighted by Crippen LogP contribution is -2.45. The molecule has 0 aliphatic carbocycles. The number of nitrogens with two attached hydrogens (primary N) is 1. The van der Waals surface area contributed by atoms with Gasteiger partial charge in [-0.2, -0.15) is 0 Å². The fourth-order valence-corrected chi connectivity index (χ4v) is 3.01. The zero-order valence-corrected chi connectivity index (χ0v) is 12.0. The van der Waals surface area contributed by atoms with Crippen LogP contribution < -0.4 is 5.73 Å². The van der Waals surface area contributed by atoms with Gasteiger partial charge in [0, 0.05) is 25.7 Å². The second-order valence-electron chi connectivity index (χ2n) is 5.77. The smallest absolute Gasteiger partial charge is 0.409 e. The van der Waals surface area contributed by atoms with E-state index in [1.807, 2.05) is 11.8 Å². The van der Waals surface area contributed by atoms with E-state index in [-0.39, 0.29) is 6.09 Å².